The van der Waals surface area contributed by atoms with Crippen molar-refractivity contribution >= 4 is 5.78 Å². The van der Waals surface area contributed by atoms with Crippen molar-refractivity contribution < 1.29 is 9.32 Å². The van der Waals surface area contributed by atoms with Gasteiger partial charge in [-0.15, -0.1) is 0 Å². The number of Topliss-reactive ketones (excluding diaryl/α,β-unsaturated/α-hetero) is 1. The Morgan fingerprint density at radius 3 is 2.57 bits per heavy atom. The first kappa shape index (κ1) is 15.9. The summed E-state index contributed by atoms with van der Waals surface area (Å²) in [5, 5.41) is 4.24. The summed E-state index contributed by atoms with van der Waals surface area (Å²) >= 11 is 0. The highest BCUT2D eigenvalue weighted by Gasteiger charge is 2.25. The normalized spacial score (nSPS) is 15.2. The third-order valence-corrected chi connectivity index (χ3v) is 4.41. The van der Waals surface area contributed by atoms with Gasteiger partial charge in [-0.05, 0) is 39.3 Å². The van der Waals surface area contributed by atoms with E-state index in [-0.39, 0.29) is 5.78 Å². The Balaban J connectivity index is 1.96. The first-order chi connectivity index (χ1) is 11.2. The molecule has 1 aromatic heterocycles. The van der Waals surface area contributed by atoms with Crippen LogP contribution in [0.4, 0.5) is 0 Å². The zero-order chi connectivity index (χ0) is 16.2. The van der Waals surface area contributed by atoms with E-state index in [1.165, 1.54) is 18.4 Å². The molecule has 0 spiro atoms. The molecule has 3 rings (SSSR count). The number of hydrogen-bond donors (Lipinski definition) is 0. The van der Waals surface area contributed by atoms with Crippen LogP contribution >= 0.6 is 0 Å². The van der Waals surface area contributed by atoms with Crippen LogP contribution in [0.2, 0.25) is 0 Å². The predicted molar refractivity (Wildman–Crippen MR) is 90.4 cm³/mol. The fourth-order valence-corrected chi connectivity index (χ4v) is 3.12. The largest absolute Gasteiger partial charge is 0.359 e. The summed E-state index contributed by atoms with van der Waals surface area (Å²) in [6.07, 6.45) is 3.81. The molecule has 0 radical (unpaired) electrons. The van der Waals surface area contributed by atoms with Gasteiger partial charge in [-0.1, -0.05) is 41.9 Å². The summed E-state index contributed by atoms with van der Waals surface area (Å²) in [6, 6.07) is 8.10. The molecule has 122 valence electrons. The Morgan fingerprint density at radius 2 is 1.91 bits per heavy atom. The highest BCUT2D eigenvalue weighted by atomic mass is 16.5. The lowest BCUT2D eigenvalue weighted by molar-refractivity contribution is 0.0979. The third kappa shape index (κ3) is 3.53. The number of carbonyl (C=O) groups is 1. The Kier molecular flexibility index (Phi) is 4.91. The Hall–Kier alpha value is -1.94. The molecule has 1 fully saturated rings. The Bertz CT molecular complexity index is 667. The first-order valence-electron chi connectivity index (χ1n) is 8.50. The molecule has 1 aliphatic heterocycles. The van der Waals surface area contributed by atoms with Crippen molar-refractivity contribution in [2.24, 2.45) is 0 Å². The summed E-state index contributed by atoms with van der Waals surface area (Å²) < 4.78 is 5.60. The molecule has 0 amide bonds. The molecule has 0 atom stereocenters. The van der Waals surface area contributed by atoms with E-state index in [0.29, 0.717) is 24.2 Å². The minimum Gasteiger partial charge on any atom is -0.359 e. The van der Waals surface area contributed by atoms with Crippen molar-refractivity contribution in [3.8, 4) is 11.3 Å². The highest BCUT2D eigenvalue weighted by Crippen LogP contribution is 2.29. The first-order valence-corrected chi connectivity index (χ1v) is 8.50. The SMILES string of the molecule is CCCC(=O)c1c(-c2ccc(C)cc2)noc1CN1CCCC1. The van der Waals surface area contributed by atoms with Crippen LogP contribution in [0.15, 0.2) is 28.8 Å². The summed E-state index contributed by atoms with van der Waals surface area (Å²) in [4.78, 5) is 15.0. The molecule has 1 saturated heterocycles. The van der Waals surface area contributed by atoms with E-state index >= 15 is 0 Å². The lowest BCUT2D eigenvalue weighted by Crippen LogP contribution is -2.19. The van der Waals surface area contributed by atoms with E-state index in [2.05, 4.69) is 17.0 Å². The Morgan fingerprint density at radius 1 is 1.22 bits per heavy atom. The van der Waals surface area contributed by atoms with Crippen molar-refractivity contribution in [2.75, 3.05) is 13.1 Å². The molecular weight excluding hydrogens is 288 g/mol. The van der Waals surface area contributed by atoms with Crippen LogP contribution in [0.1, 0.15) is 54.3 Å². The van der Waals surface area contributed by atoms with E-state index in [0.717, 1.165) is 30.8 Å². The molecule has 0 aliphatic carbocycles. The molecule has 1 aromatic carbocycles. The predicted octanol–water partition coefficient (Wildman–Crippen LogP) is 4.23. The monoisotopic (exact) mass is 312 g/mol. The van der Waals surface area contributed by atoms with Crippen molar-refractivity contribution in [3.63, 3.8) is 0 Å². The van der Waals surface area contributed by atoms with Gasteiger partial charge in [0.25, 0.3) is 0 Å². The summed E-state index contributed by atoms with van der Waals surface area (Å²) in [5.41, 5.74) is 3.52. The van der Waals surface area contributed by atoms with Gasteiger partial charge in [0.15, 0.2) is 11.5 Å². The number of aryl methyl sites for hydroxylation is 1. The maximum atomic E-state index is 12.6. The smallest absolute Gasteiger partial charge is 0.168 e. The average molecular weight is 312 g/mol. The van der Waals surface area contributed by atoms with E-state index in [1.54, 1.807) is 0 Å². The van der Waals surface area contributed by atoms with Crippen LogP contribution in [-0.4, -0.2) is 28.9 Å². The van der Waals surface area contributed by atoms with Crippen LogP contribution in [0, 0.1) is 6.92 Å². The van der Waals surface area contributed by atoms with Gasteiger partial charge in [0.2, 0.25) is 0 Å². The molecule has 0 N–H and O–H groups in total. The second-order valence-electron chi connectivity index (χ2n) is 6.35. The fraction of sp³-hybridized carbons (Fsp3) is 0.474. The molecule has 0 unspecified atom stereocenters. The second kappa shape index (κ2) is 7.09. The van der Waals surface area contributed by atoms with Crippen molar-refractivity contribution in [2.45, 2.75) is 46.1 Å². The lowest BCUT2D eigenvalue weighted by Gasteiger charge is -2.12. The zero-order valence-corrected chi connectivity index (χ0v) is 14.0. The number of benzene rings is 1. The van der Waals surface area contributed by atoms with Gasteiger partial charge in [0.1, 0.15) is 5.69 Å². The maximum Gasteiger partial charge on any atom is 0.168 e. The van der Waals surface area contributed by atoms with Crippen LogP contribution < -0.4 is 0 Å². The van der Waals surface area contributed by atoms with Gasteiger partial charge < -0.3 is 4.52 Å². The fourth-order valence-electron chi connectivity index (χ4n) is 3.12. The van der Waals surface area contributed by atoms with Crippen molar-refractivity contribution in [1.29, 1.82) is 0 Å². The molecule has 0 bridgehead atoms. The summed E-state index contributed by atoms with van der Waals surface area (Å²) in [7, 11) is 0. The number of nitrogens with zero attached hydrogens (tertiary/aromatic N) is 2. The molecule has 4 heteroatoms. The van der Waals surface area contributed by atoms with Gasteiger partial charge in [0, 0.05) is 12.0 Å². The van der Waals surface area contributed by atoms with Crippen LogP contribution in [0.3, 0.4) is 0 Å². The van der Waals surface area contributed by atoms with Gasteiger partial charge in [0.05, 0.1) is 12.1 Å². The minimum absolute atomic E-state index is 0.138. The van der Waals surface area contributed by atoms with Crippen LogP contribution in [0.5, 0.6) is 0 Å². The molecule has 4 nitrogen and oxygen atoms in total. The quantitative estimate of drug-likeness (QED) is 0.749. The molecule has 23 heavy (non-hydrogen) atoms. The third-order valence-electron chi connectivity index (χ3n) is 4.41. The summed E-state index contributed by atoms with van der Waals surface area (Å²) in [6.45, 7) is 6.90. The van der Waals surface area contributed by atoms with Crippen molar-refractivity contribution in [3.05, 3.63) is 41.2 Å². The van der Waals surface area contributed by atoms with E-state index in [4.69, 9.17) is 4.52 Å². The number of likely N-dealkylation sites (tertiary alicyclic amines) is 1. The Labute approximate surface area is 137 Å². The number of aromatic nitrogens is 1. The minimum atomic E-state index is 0.138. The second-order valence-corrected chi connectivity index (χ2v) is 6.35. The lowest BCUT2D eigenvalue weighted by atomic mass is 9.99. The number of hydrogen-bond acceptors (Lipinski definition) is 4. The van der Waals surface area contributed by atoms with Crippen LogP contribution in [-0.2, 0) is 6.54 Å². The highest BCUT2D eigenvalue weighted by molar-refractivity contribution is 6.02. The average Bonchev–Trinajstić information content (AvgIpc) is 3.18. The van der Waals surface area contributed by atoms with Gasteiger partial charge in [-0.25, -0.2) is 0 Å². The van der Waals surface area contributed by atoms with Crippen molar-refractivity contribution in [1.82, 2.24) is 10.1 Å². The number of ketones is 1. The van der Waals surface area contributed by atoms with Gasteiger partial charge >= 0.3 is 0 Å². The standard InChI is InChI=1S/C19H24N2O2/c1-3-6-16(22)18-17(13-21-11-4-5-12-21)23-20-19(18)15-9-7-14(2)8-10-15/h7-10H,3-6,11-13H2,1-2H3. The van der Waals surface area contributed by atoms with Crippen LogP contribution in [0.25, 0.3) is 11.3 Å². The molecule has 2 heterocycles. The molecular formula is C19H24N2O2. The topological polar surface area (TPSA) is 46.3 Å². The maximum absolute atomic E-state index is 12.6. The zero-order valence-electron chi connectivity index (χ0n) is 14.0. The van der Waals surface area contributed by atoms with Gasteiger partial charge in [-0.3, -0.25) is 9.69 Å². The molecule has 2 aromatic rings. The molecule has 1 aliphatic rings. The summed E-state index contributed by atoms with van der Waals surface area (Å²) in [5.74, 6) is 0.861. The molecule has 0 saturated carbocycles. The van der Waals surface area contributed by atoms with Gasteiger partial charge in [-0.2, -0.15) is 0 Å². The van der Waals surface area contributed by atoms with E-state index in [9.17, 15) is 4.79 Å². The van der Waals surface area contributed by atoms with E-state index in [1.807, 2.05) is 31.2 Å². The number of carbonyl (C=O) groups excluding carboxylic acids is 1. The van der Waals surface area contributed by atoms with E-state index < -0.39 is 0 Å². The number of rotatable bonds is 6.